The molecule has 0 bridgehead atoms. The lowest BCUT2D eigenvalue weighted by molar-refractivity contribution is -0.143. The largest absolute Gasteiger partial charge is 0.481 e. The Bertz CT molecular complexity index is 273. The highest BCUT2D eigenvalue weighted by Gasteiger charge is 2.44. The Labute approximate surface area is 104 Å². The van der Waals surface area contributed by atoms with E-state index in [0.717, 1.165) is 19.5 Å². The maximum atomic E-state index is 11.2. The topological polar surface area (TPSA) is 40.5 Å². The van der Waals surface area contributed by atoms with E-state index in [9.17, 15) is 9.90 Å². The normalized spacial score (nSPS) is 35.7. The summed E-state index contributed by atoms with van der Waals surface area (Å²) < 4.78 is 0. The quantitative estimate of drug-likeness (QED) is 0.823. The van der Waals surface area contributed by atoms with Crippen molar-refractivity contribution in [1.29, 1.82) is 0 Å². The van der Waals surface area contributed by atoms with Gasteiger partial charge in [0.25, 0.3) is 0 Å². The third-order valence-corrected chi connectivity index (χ3v) is 4.86. The summed E-state index contributed by atoms with van der Waals surface area (Å²) in [7, 11) is 0. The Morgan fingerprint density at radius 3 is 2.53 bits per heavy atom. The average molecular weight is 239 g/mol. The van der Waals surface area contributed by atoms with Gasteiger partial charge in [0, 0.05) is 5.54 Å². The summed E-state index contributed by atoms with van der Waals surface area (Å²) in [6.45, 7) is 4.48. The second-order valence-electron chi connectivity index (χ2n) is 5.87. The Morgan fingerprint density at radius 2 is 1.94 bits per heavy atom. The van der Waals surface area contributed by atoms with Crippen molar-refractivity contribution < 1.29 is 9.90 Å². The van der Waals surface area contributed by atoms with E-state index in [1.54, 1.807) is 0 Å². The van der Waals surface area contributed by atoms with Crippen molar-refractivity contribution >= 4 is 5.97 Å². The van der Waals surface area contributed by atoms with E-state index in [-0.39, 0.29) is 5.54 Å². The minimum absolute atomic E-state index is 0.0372. The van der Waals surface area contributed by atoms with Crippen molar-refractivity contribution in [1.82, 2.24) is 4.90 Å². The first-order valence-corrected chi connectivity index (χ1v) is 7.12. The van der Waals surface area contributed by atoms with Gasteiger partial charge in [0.2, 0.25) is 0 Å². The maximum absolute atomic E-state index is 11.2. The predicted molar refractivity (Wildman–Crippen MR) is 68.0 cm³/mol. The molecule has 17 heavy (non-hydrogen) atoms. The number of carboxylic acid groups (broad SMARTS) is 1. The highest BCUT2D eigenvalue weighted by molar-refractivity contribution is 5.68. The van der Waals surface area contributed by atoms with Gasteiger partial charge in [-0.15, -0.1) is 0 Å². The van der Waals surface area contributed by atoms with Gasteiger partial charge in [-0.25, -0.2) is 0 Å². The second-order valence-corrected chi connectivity index (χ2v) is 5.87. The number of rotatable bonds is 3. The summed E-state index contributed by atoms with van der Waals surface area (Å²) in [4.78, 5) is 13.7. The molecule has 1 saturated carbocycles. The lowest BCUT2D eigenvalue weighted by Crippen LogP contribution is -2.57. The summed E-state index contributed by atoms with van der Waals surface area (Å²) in [5.74, 6) is -0.0882. The standard InChI is InChI=1S/C14H25NO2/c1-12-7-3-4-8-14(12,11-13(16)17)15-9-5-2-6-10-15/h12H,2-11H2,1H3,(H,16,17). The third-order valence-electron chi connectivity index (χ3n) is 4.86. The van der Waals surface area contributed by atoms with Crippen molar-refractivity contribution in [2.24, 2.45) is 5.92 Å². The van der Waals surface area contributed by atoms with Crippen LogP contribution in [-0.2, 0) is 4.79 Å². The number of carboxylic acids is 1. The van der Waals surface area contributed by atoms with E-state index in [1.165, 1.54) is 38.5 Å². The summed E-state index contributed by atoms with van der Waals surface area (Å²) in [5.41, 5.74) is -0.0372. The van der Waals surface area contributed by atoms with E-state index in [2.05, 4.69) is 11.8 Å². The highest BCUT2D eigenvalue weighted by Crippen LogP contribution is 2.42. The van der Waals surface area contributed by atoms with Crippen LogP contribution >= 0.6 is 0 Å². The summed E-state index contributed by atoms with van der Waals surface area (Å²) in [6.07, 6.45) is 8.90. The van der Waals surface area contributed by atoms with Gasteiger partial charge < -0.3 is 5.11 Å². The zero-order chi connectivity index (χ0) is 12.3. The van der Waals surface area contributed by atoms with Gasteiger partial charge in [0.1, 0.15) is 0 Å². The first kappa shape index (κ1) is 12.9. The molecule has 0 spiro atoms. The van der Waals surface area contributed by atoms with Gasteiger partial charge in [-0.2, -0.15) is 0 Å². The van der Waals surface area contributed by atoms with Crippen molar-refractivity contribution in [3.05, 3.63) is 0 Å². The van der Waals surface area contributed by atoms with Gasteiger partial charge >= 0.3 is 5.97 Å². The number of hydrogen-bond donors (Lipinski definition) is 1. The average Bonchev–Trinajstić information content (AvgIpc) is 2.33. The van der Waals surface area contributed by atoms with Crippen LogP contribution in [0, 0.1) is 5.92 Å². The molecule has 2 aliphatic rings. The molecule has 1 aliphatic heterocycles. The zero-order valence-electron chi connectivity index (χ0n) is 11.0. The molecule has 3 nitrogen and oxygen atoms in total. The zero-order valence-corrected chi connectivity index (χ0v) is 11.0. The molecule has 0 radical (unpaired) electrons. The Balaban J connectivity index is 2.17. The van der Waals surface area contributed by atoms with Crippen LogP contribution in [0.15, 0.2) is 0 Å². The first-order chi connectivity index (χ1) is 8.15. The lowest BCUT2D eigenvalue weighted by Gasteiger charge is -2.51. The van der Waals surface area contributed by atoms with Crippen molar-refractivity contribution in [3.8, 4) is 0 Å². The van der Waals surface area contributed by atoms with Crippen LogP contribution in [0.5, 0.6) is 0 Å². The maximum Gasteiger partial charge on any atom is 0.305 e. The molecule has 0 aromatic heterocycles. The number of piperidine rings is 1. The molecular weight excluding hydrogens is 214 g/mol. The molecule has 2 fully saturated rings. The minimum atomic E-state index is -0.621. The summed E-state index contributed by atoms with van der Waals surface area (Å²) >= 11 is 0. The smallest absolute Gasteiger partial charge is 0.305 e. The van der Waals surface area contributed by atoms with E-state index in [1.807, 2.05) is 0 Å². The number of likely N-dealkylation sites (tertiary alicyclic amines) is 1. The monoisotopic (exact) mass is 239 g/mol. The highest BCUT2D eigenvalue weighted by atomic mass is 16.4. The van der Waals surface area contributed by atoms with E-state index in [4.69, 9.17) is 0 Å². The molecule has 3 heteroatoms. The summed E-state index contributed by atoms with van der Waals surface area (Å²) in [6, 6.07) is 0. The molecule has 1 aliphatic carbocycles. The number of nitrogens with zero attached hydrogens (tertiary/aromatic N) is 1. The Kier molecular flexibility index (Phi) is 4.08. The molecule has 1 saturated heterocycles. The van der Waals surface area contributed by atoms with Gasteiger partial charge in [-0.3, -0.25) is 9.69 Å². The molecule has 2 unspecified atom stereocenters. The first-order valence-electron chi connectivity index (χ1n) is 7.12. The summed E-state index contributed by atoms with van der Waals surface area (Å²) in [5, 5.41) is 9.25. The van der Waals surface area contributed by atoms with Crippen molar-refractivity contribution in [2.75, 3.05) is 13.1 Å². The van der Waals surface area contributed by atoms with E-state index >= 15 is 0 Å². The van der Waals surface area contributed by atoms with Gasteiger partial charge in [0.05, 0.1) is 6.42 Å². The minimum Gasteiger partial charge on any atom is -0.481 e. The van der Waals surface area contributed by atoms with Crippen LogP contribution < -0.4 is 0 Å². The van der Waals surface area contributed by atoms with Gasteiger partial charge in [-0.05, 0) is 44.7 Å². The van der Waals surface area contributed by atoms with Crippen molar-refractivity contribution in [2.45, 2.75) is 63.8 Å². The van der Waals surface area contributed by atoms with Crippen LogP contribution in [-0.4, -0.2) is 34.6 Å². The van der Waals surface area contributed by atoms with Crippen LogP contribution in [0.25, 0.3) is 0 Å². The SMILES string of the molecule is CC1CCCCC1(CC(=O)O)N1CCCCC1. The Hall–Kier alpha value is -0.570. The van der Waals surface area contributed by atoms with Crippen LogP contribution in [0.1, 0.15) is 58.3 Å². The number of aliphatic carboxylic acids is 1. The number of hydrogen-bond acceptors (Lipinski definition) is 2. The fourth-order valence-electron chi connectivity index (χ4n) is 3.84. The molecule has 0 aromatic rings. The molecule has 98 valence electrons. The fourth-order valence-corrected chi connectivity index (χ4v) is 3.84. The fraction of sp³-hybridized carbons (Fsp3) is 0.929. The van der Waals surface area contributed by atoms with E-state index in [0.29, 0.717) is 12.3 Å². The van der Waals surface area contributed by atoms with Crippen LogP contribution in [0.4, 0.5) is 0 Å². The number of carbonyl (C=O) groups is 1. The van der Waals surface area contributed by atoms with Gasteiger partial charge in [0.15, 0.2) is 0 Å². The molecule has 2 atom stereocenters. The molecule has 0 amide bonds. The van der Waals surface area contributed by atoms with Crippen LogP contribution in [0.3, 0.4) is 0 Å². The van der Waals surface area contributed by atoms with Gasteiger partial charge in [-0.1, -0.05) is 26.2 Å². The third kappa shape index (κ3) is 2.65. The lowest BCUT2D eigenvalue weighted by atomic mass is 9.70. The molecule has 1 N–H and O–H groups in total. The second kappa shape index (κ2) is 5.38. The van der Waals surface area contributed by atoms with Crippen LogP contribution in [0.2, 0.25) is 0 Å². The predicted octanol–water partition coefficient (Wildman–Crippen LogP) is 2.90. The molecular formula is C14H25NO2. The van der Waals surface area contributed by atoms with Crippen molar-refractivity contribution in [3.63, 3.8) is 0 Å². The molecule has 1 heterocycles. The van der Waals surface area contributed by atoms with E-state index < -0.39 is 5.97 Å². The Morgan fingerprint density at radius 1 is 1.24 bits per heavy atom. The molecule has 2 rings (SSSR count). The molecule has 0 aromatic carbocycles.